The smallest absolute Gasteiger partial charge is 0.337 e. The lowest BCUT2D eigenvalue weighted by Gasteiger charge is -2.35. The molecule has 1 aromatic heterocycles. The van der Waals surface area contributed by atoms with Crippen LogP contribution in [0.3, 0.4) is 0 Å². The van der Waals surface area contributed by atoms with Gasteiger partial charge in [0, 0.05) is 19.3 Å². The van der Waals surface area contributed by atoms with E-state index in [4.69, 9.17) is 16.7 Å². The number of hydrogen-bond donors (Lipinski definition) is 1. The highest BCUT2D eigenvalue weighted by Crippen LogP contribution is 2.31. The lowest BCUT2D eigenvalue weighted by molar-refractivity contribution is 0.0696. The second-order valence-electron chi connectivity index (χ2n) is 4.03. The van der Waals surface area contributed by atoms with Crippen LogP contribution in [0.2, 0.25) is 5.02 Å². The van der Waals surface area contributed by atoms with Crippen molar-refractivity contribution >= 4 is 23.4 Å². The Balaban J connectivity index is 2.24. The molecule has 0 radical (unpaired) electrons. The fourth-order valence-corrected chi connectivity index (χ4v) is 2.05. The number of hydrogen-bond acceptors (Lipinski definition) is 3. The van der Waals surface area contributed by atoms with Crippen LogP contribution in [0.5, 0.6) is 0 Å². The second-order valence-corrected chi connectivity index (χ2v) is 4.44. The van der Waals surface area contributed by atoms with Crippen LogP contribution in [0.4, 0.5) is 5.82 Å². The summed E-state index contributed by atoms with van der Waals surface area (Å²) < 4.78 is 0. The number of carboxylic acids is 1. The van der Waals surface area contributed by atoms with E-state index in [2.05, 4.69) is 4.98 Å². The highest BCUT2D eigenvalue weighted by atomic mass is 35.5. The normalized spacial score (nSPS) is 15.6. The van der Waals surface area contributed by atoms with E-state index in [0.29, 0.717) is 16.9 Å². The molecule has 0 spiro atoms. The first-order valence-corrected chi connectivity index (χ1v) is 5.59. The number of carboxylic acid groups (broad SMARTS) is 1. The predicted molar refractivity (Wildman–Crippen MR) is 62.2 cm³/mol. The van der Waals surface area contributed by atoms with E-state index in [-0.39, 0.29) is 5.56 Å². The molecule has 0 atom stereocenters. The molecule has 4 nitrogen and oxygen atoms in total. The first-order chi connectivity index (χ1) is 7.59. The van der Waals surface area contributed by atoms with Crippen molar-refractivity contribution in [1.82, 2.24) is 4.98 Å². The Morgan fingerprint density at radius 3 is 2.75 bits per heavy atom. The third-order valence-electron chi connectivity index (χ3n) is 3.03. The molecule has 0 aliphatic heterocycles. The Morgan fingerprint density at radius 2 is 2.31 bits per heavy atom. The van der Waals surface area contributed by atoms with Gasteiger partial charge in [-0.1, -0.05) is 11.6 Å². The van der Waals surface area contributed by atoms with Gasteiger partial charge in [-0.3, -0.25) is 0 Å². The zero-order valence-electron chi connectivity index (χ0n) is 8.98. The molecule has 0 aromatic carbocycles. The van der Waals surface area contributed by atoms with Crippen LogP contribution >= 0.6 is 11.6 Å². The third kappa shape index (κ3) is 1.97. The molecule has 16 heavy (non-hydrogen) atoms. The summed E-state index contributed by atoms with van der Waals surface area (Å²) in [7, 11) is 1.94. The number of anilines is 1. The molecule has 5 heteroatoms. The highest BCUT2D eigenvalue weighted by molar-refractivity contribution is 6.33. The van der Waals surface area contributed by atoms with Gasteiger partial charge in [0.25, 0.3) is 0 Å². The summed E-state index contributed by atoms with van der Waals surface area (Å²) in [5.41, 5.74) is 0.121. The van der Waals surface area contributed by atoms with Crippen molar-refractivity contribution in [2.24, 2.45) is 0 Å². The van der Waals surface area contributed by atoms with Crippen molar-refractivity contribution in [2.45, 2.75) is 25.3 Å². The second kappa shape index (κ2) is 4.29. The molecule has 0 amide bonds. The van der Waals surface area contributed by atoms with Crippen molar-refractivity contribution in [3.05, 3.63) is 22.8 Å². The van der Waals surface area contributed by atoms with Gasteiger partial charge in [-0.25, -0.2) is 9.78 Å². The Morgan fingerprint density at radius 1 is 1.62 bits per heavy atom. The van der Waals surface area contributed by atoms with Crippen LogP contribution in [-0.4, -0.2) is 29.1 Å². The third-order valence-corrected chi connectivity index (χ3v) is 3.30. The monoisotopic (exact) mass is 240 g/mol. The van der Waals surface area contributed by atoms with E-state index in [9.17, 15) is 4.79 Å². The first-order valence-electron chi connectivity index (χ1n) is 5.21. The number of rotatable bonds is 3. The van der Waals surface area contributed by atoms with Gasteiger partial charge in [0.15, 0.2) is 0 Å². The molecule has 1 aliphatic rings. The molecule has 0 bridgehead atoms. The van der Waals surface area contributed by atoms with Crippen molar-refractivity contribution in [3.63, 3.8) is 0 Å². The molecule has 1 saturated carbocycles. The topological polar surface area (TPSA) is 53.4 Å². The summed E-state index contributed by atoms with van der Waals surface area (Å²) in [4.78, 5) is 16.9. The average molecular weight is 241 g/mol. The molecule has 1 aromatic rings. The average Bonchev–Trinajstić information content (AvgIpc) is 2.14. The van der Waals surface area contributed by atoms with Crippen LogP contribution in [0.25, 0.3) is 0 Å². The van der Waals surface area contributed by atoms with E-state index < -0.39 is 5.97 Å². The molecule has 1 aliphatic carbocycles. The highest BCUT2D eigenvalue weighted by Gasteiger charge is 2.24. The van der Waals surface area contributed by atoms with E-state index in [1.54, 1.807) is 0 Å². The standard InChI is InChI=1S/C11H13ClN2O2/c1-14(8-3-2-4-8)10-9(12)5-7(6-13-10)11(15)16/h5-6,8H,2-4H2,1H3,(H,15,16). The number of aromatic carboxylic acids is 1. The molecule has 1 heterocycles. The molecule has 1 N–H and O–H groups in total. The van der Waals surface area contributed by atoms with Crippen molar-refractivity contribution < 1.29 is 9.90 Å². The molecule has 1 fully saturated rings. The van der Waals surface area contributed by atoms with Gasteiger partial charge in [-0.15, -0.1) is 0 Å². The Kier molecular flexibility index (Phi) is 3.01. The van der Waals surface area contributed by atoms with Gasteiger partial charge in [-0.2, -0.15) is 0 Å². The molecule has 2 rings (SSSR count). The van der Waals surface area contributed by atoms with Crippen LogP contribution in [0, 0.1) is 0 Å². The largest absolute Gasteiger partial charge is 0.478 e. The van der Waals surface area contributed by atoms with Gasteiger partial charge in [0.2, 0.25) is 0 Å². The Labute approximate surface area is 98.9 Å². The minimum Gasteiger partial charge on any atom is -0.478 e. The molecule has 0 saturated heterocycles. The lowest BCUT2D eigenvalue weighted by atomic mass is 9.92. The zero-order chi connectivity index (χ0) is 11.7. The van der Waals surface area contributed by atoms with Gasteiger partial charge >= 0.3 is 5.97 Å². The lowest BCUT2D eigenvalue weighted by Crippen LogP contribution is -2.37. The Hall–Kier alpha value is -1.29. The van der Waals surface area contributed by atoms with Crippen LogP contribution in [0.15, 0.2) is 12.3 Å². The fourth-order valence-electron chi connectivity index (χ4n) is 1.75. The van der Waals surface area contributed by atoms with E-state index in [0.717, 1.165) is 12.8 Å². The molecule has 86 valence electrons. The zero-order valence-corrected chi connectivity index (χ0v) is 9.74. The van der Waals surface area contributed by atoms with Crippen LogP contribution in [0.1, 0.15) is 29.6 Å². The number of nitrogens with zero attached hydrogens (tertiary/aromatic N) is 2. The van der Waals surface area contributed by atoms with E-state index >= 15 is 0 Å². The van der Waals surface area contributed by atoms with E-state index in [1.165, 1.54) is 18.7 Å². The maximum Gasteiger partial charge on any atom is 0.337 e. The number of pyridine rings is 1. The van der Waals surface area contributed by atoms with Crippen molar-refractivity contribution in [1.29, 1.82) is 0 Å². The SMILES string of the molecule is CN(c1ncc(C(=O)O)cc1Cl)C1CCC1. The van der Waals surface area contributed by atoms with Gasteiger partial charge < -0.3 is 10.0 Å². The van der Waals surface area contributed by atoms with Crippen LogP contribution < -0.4 is 4.90 Å². The first kappa shape index (κ1) is 11.2. The van der Waals surface area contributed by atoms with Crippen molar-refractivity contribution in [2.75, 3.05) is 11.9 Å². The number of aromatic nitrogens is 1. The Bertz CT molecular complexity index is 418. The molecule has 0 unspecified atom stereocenters. The minimum absolute atomic E-state index is 0.121. The summed E-state index contributed by atoms with van der Waals surface area (Å²) in [5, 5.41) is 9.19. The number of carbonyl (C=O) groups is 1. The number of halogens is 1. The maximum atomic E-state index is 10.7. The summed E-state index contributed by atoms with van der Waals surface area (Å²) >= 11 is 6.03. The quantitative estimate of drug-likeness (QED) is 0.882. The van der Waals surface area contributed by atoms with Gasteiger partial charge in [-0.05, 0) is 25.3 Å². The maximum absolute atomic E-state index is 10.7. The predicted octanol–water partition coefficient (Wildman–Crippen LogP) is 2.42. The summed E-state index contributed by atoms with van der Waals surface area (Å²) in [5.74, 6) is -0.344. The summed E-state index contributed by atoms with van der Waals surface area (Å²) in [6.45, 7) is 0. The molecular formula is C11H13ClN2O2. The van der Waals surface area contributed by atoms with E-state index in [1.807, 2.05) is 11.9 Å². The van der Waals surface area contributed by atoms with Gasteiger partial charge in [0.1, 0.15) is 5.82 Å². The van der Waals surface area contributed by atoms with Crippen LogP contribution in [-0.2, 0) is 0 Å². The minimum atomic E-state index is -1.01. The van der Waals surface area contributed by atoms with Gasteiger partial charge in [0.05, 0.1) is 10.6 Å². The summed E-state index contributed by atoms with van der Waals surface area (Å²) in [6.07, 6.45) is 4.88. The molecular weight excluding hydrogens is 228 g/mol. The summed E-state index contributed by atoms with van der Waals surface area (Å²) in [6, 6.07) is 1.93. The fraction of sp³-hybridized carbons (Fsp3) is 0.455. The van der Waals surface area contributed by atoms with Crippen molar-refractivity contribution in [3.8, 4) is 0 Å².